The maximum Gasteiger partial charge on any atom is 0.248 e. The predicted molar refractivity (Wildman–Crippen MR) is 170 cm³/mol. The zero-order chi connectivity index (χ0) is 31.5. The van der Waals surface area contributed by atoms with Crippen molar-refractivity contribution >= 4 is 39.3 Å². The van der Waals surface area contributed by atoms with Crippen LogP contribution in [0.2, 0.25) is 0 Å². The lowest BCUT2D eigenvalue weighted by atomic mass is 9.70. The summed E-state index contributed by atoms with van der Waals surface area (Å²) in [5.74, 6) is -1.80. The fraction of sp³-hybridized carbons (Fsp3) is 0.606. The van der Waals surface area contributed by atoms with Gasteiger partial charge in [0.2, 0.25) is 17.7 Å². The van der Waals surface area contributed by atoms with Gasteiger partial charge in [-0.15, -0.1) is 13.2 Å². The van der Waals surface area contributed by atoms with Gasteiger partial charge in [0.15, 0.2) is 0 Å². The molecule has 9 nitrogen and oxygen atoms in total. The van der Waals surface area contributed by atoms with Gasteiger partial charge in [0.25, 0.3) is 0 Å². The van der Waals surface area contributed by atoms with Crippen molar-refractivity contribution in [3.8, 4) is 5.75 Å². The number of carbonyl (C=O) groups excluding carboxylic acids is 3. The first-order valence-electron chi connectivity index (χ1n) is 15.5. The normalized spacial score (nSPS) is 28.7. The third-order valence-corrected chi connectivity index (χ3v) is 10.1. The molecule has 10 heteroatoms. The van der Waals surface area contributed by atoms with Crippen LogP contribution in [0, 0.1) is 11.8 Å². The molecule has 3 aliphatic heterocycles. The molecule has 8 atom stereocenters. The molecular weight excluding hydrogens is 614 g/mol. The Bertz CT molecular complexity index is 1190. The summed E-state index contributed by atoms with van der Waals surface area (Å²) in [7, 11) is 0. The van der Waals surface area contributed by atoms with Crippen molar-refractivity contribution in [3.05, 3.63) is 49.6 Å². The number of amides is 3. The first kappa shape index (κ1) is 33.2. The van der Waals surface area contributed by atoms with Gasteiger partial charge in [-0.1, -0.05) is 48.4 Å². The predicted octanol–water partition coefficient (Wildman–Crippen LogP) is 4.33. The van der Waals surface area contributed by atoms with Gasteiger partial charge in [-0.3, -0.25) is 14.4 Å². The van der Waals surface area contributed by atoms with Crippen molar-refractivity contribution in [1.82, 2.24) is 9.80 Å². The molecule has 3 fully saturated rings. The number of alkyl halides is 1. The number of anilines is 1. The minimum atomic E-state index is -1.21. The molecule has 1 aromatic carbocycles. The highest BCUT2D eigenvalue weighted by Gasteiger charge is 2.77. The van der Waals surface area contributed by atoms with Gasteiger partial charge in [-0.25, -0.2) is 0 Å². The molecule has 1 aromatic rings. The van der Waals surface area contributed by atoms with E-state index in [1.807, 2.05) is 45.0 Å². The molecule has 0 radical (unpaired) electrons. The second kappa shape index (κ2) is 13.9. The summed E-state index contributed by atoms with van der Waals surface area (Å²) in [6.45, 7) is 16.4. The Labute approximate surface area is 264 Å². The Balaban J connectivity index is 1.79. The number of hydrogen-bond donors (Lipinski definition) is 1. The molecule has 0 aromatic heterocycles. The number of fused-ring (bicyclic) bond motifs is 1. The number of ether oxygens (including phenoxy) is 2. The highest BCUT2D eigenvalue weighted by molar-refractivity contribution is 9.09. The van der Waals surface area contributed by atoms with Crippen LogP contribution in [0.4, 0.5) is 5.69 Å². The van der Waals surface area contributed by atoms with Gasteiger partial charge >= 0.3 is 0 Å². The molecule has 236 valence electrons. The molecule has 4 unspecified atom stereocenters. The van der Waals surface area contributed by atoms with E-state index in [4.69, 9.17) is 9.47 Å². The molecule has 3 heterocycles. The summed E-state index contributed by atoms with van der Waals surface area (Å²) in [6, 6.07) is 5.61. The highest BCUT2D eigenvalue weighted by Crippen LogP contribution is 2.61. The standard InChI is InChI=1S/C33H46BrN3O6/c1-7-12-21(6)35(17-8-2)32(41)29-33-19-25(34)28(43-33)26(27(33)31(40)37(29)22(10-4)20-38)30(39)36(18-9-3)23-13-15-24(16-14-23)42-11-5/h8-9,13-16,21-22,25-29,38H,2-3,7,10-12,17-20H2,1,4-6H3/t21?,22-,25?,26+,27-,28+,29?,33?/m0/s1. The third-order valence-electron chi connectivity index (χ3n) is 9.21. The lowest BCUT2D eigenvalue weighted by Gasteiger charge is -2.41. The summed E-state index contributed by atoms with van der Waals surface area (Å²) in [4.78, 5) is 48.3. The van der Waals surface area contributed by atoms with E-state index in [-0.39, 0.29) is 41.7 Å². The van der Waals surface area contributed by atoms with Crippen LogP contribution in [0.5, 0.6) is 5.75 Å². The number of rotatable bonds is 15. The molecule has 0 aliphatic carbocycles. The number of carbonyl (C=O) groups is 3. The summed E-state index contributed by atoms with van der Waals surface area (Å²) in [6.07, 6.45) is 5.29. The van der Waals surface area contributed by atoms with E-state index in [1.54, 1.807) is 22.0 Å². The monoisotopic (exact) mass is 659 g/mol. The zero-order valence-electron chi connectivity index (χ0n) is 25.8. The largest absolute Gasteiger partial charge is 0.494 e. The summed E-state index contributed by atoms with van der Waals surface area (Å²) < 4.78 is 12.3. The molecule has 1 N–H and O–H groups in total. The Morgan fingerprint density at radius 2 is 1.86 bits per heavy atom. The van der Waals surface area contributed by atoms with Gasteiger partial charge < -0.3 is 29.3 Å². The fourth-order valence-electron chi connectivity index (χ4n) is 7.31. The minimum absolute atomic E-state index is 0.0874. The number of likely N-dealkylation sites (tertiary alicyclic amines) is 1. The summed E-state index contributed by atoms with van der Waals surface area (Å²) in [5.41, 5.74) is -0.557. The smallest absolute Gasteiger partial charge is 0.248 e. The van der Waals surface area contributed by atoms with E-state index in [9.17, 15) is 19.5 Å². The van der Waals surface area contributed by atoms with Crippen LogP contribution in [0.15, 0.2) is 49.6 Å². The molecule has 3 saturated heterocycles. The van der Waals surface area contributed by atoms with Crippen molar-refractivity contribution < 1.29 is 29.0 Å². The first-order chi connectivity index (χ1) is 20.6. The maximum absolute atomic E-state index is 14.6. The van der Waals surface area contributed by atoms with Crippen LogP contribution in [0.1, 0.15) is 53.4 Å². The van der Waals surface area contributed by atoms with Gasteiger partial charge in [0, 0.05) is 29.6 Å². The third kappa shape index (κ3) is 5.78. The Kier molecular flexibility index (Phi) is 10.8. The van der Waals surface area contributed by atoms with Gasteiger partial charge in [0.1, 0.15) is 17.4 Å². The average Bonchev–Trinajstić information content (AvgIpc) is 3.59. The lowest BCUT2D eigenvalue weighted by Crippen LogP contribution is -2.60. The number of hydrogen-bond acceptors (Lipinski definition) is 6. The van der Waals surface area contributed by atoms with Crippen LogP contribution in [0.25, 0.3) is 0 Å². The first-order valence-corrected chi connectivity index (χ1v) is 16.4. The van der Waals surface area contributed by atoms with Crippen molar-refractivity contribution in [3.63, 3.8) is 0 Å². The van der Waals surface area contributed by atoms with E-state index in [1.165, 1.54) is 4.90 Å². The molecule has 4 rings (SSSR count). The topological polar surface area (TPSA) is 99.6 Å². The molecular formula is C33H46BrN3O6. The Morgan fingerprint density at radius 1 is 1.19 bits per heavy atom. The number of aliphatic hydroxyl groups is 1. The van der Waals surface area contributed by atoms with E-state index in [0.29, 0.717) is 37.4 Å². The van der Waals surface area contributed by atoms with Gasteiger partial charge in [-0.05, 0) is 57.4 Å². The van der Waals surface area contributed by atoms with Crippen molar-refractivity contribution in [2.75, 3.05) is 31.2 Å². The molecule has 1 spiro atoms. The van der Waals surface area contributed by atoms with Crippen LogP contribution in [0.3, 0.4) is 0 Å². The second-order valence-electron chi connectivity index (χ2n) is 11.7. The lowest BCUT2D eigenvalue weighted by molar-refractivity contribution is -0.152. The molecule has 43 heavy (non-hydrogen) atoms. The van der Waals surface area contributed by atoms with Crippen molar-refractivity contribution in [2.45, 2.75) is 88.0 Å². The zero-order valence-corrected chi connectivity index (χ0v) is 27.4. The number of nitrogens with zero attached hydrogens (tertiary/aromatic N) is 3. The quantitative estimate of drug-likeness (QED) is 0.222. The molecule has 2 bridgehead atoms. The minimum Gasteiger partial charge on any atom is -0.494 e. The highest BCUT2D eigenvalue weighted by atomic mass is 79.9. The van der Waals surface area contributed by atoms with Crippen LogP contribution < -0.4 is 9.64 Å². The number of halogens is 1. The van der Waals surface area contributed by atoms with E-state index >= 15 is 0 Å². The van der Waals surface area contributed by atoms with Crippen molar-refractivity contribution in [2.24, 2.45) is 11.8 Å². The van der Waals surface area contributed by atoms with Crippen molar-refractivity contribution in [1.29, 1.82) is 0 Å². The molecule has 3 aliphatic rings. The van der Waals surface area contributed by atoms with Gasteiger partial charge in [0.05, 0.1) is 37.2 Å². The number of benzene rings is 1. The SMILES string of the molecule is C=CCN(C(=O)[C@H]1[C@@H]2OC3(CC2Br)C(C(=O)N(CC=C)C(C)CCC)N([C@@H](CC)CO)C(=O)[C@H]13)c1ccc(OCC)cc1. The maximum atomic E-state index is 14.6. The second-order valence-corrected chi connectivity index (χ2v) is 12.9. The van der Waals surface area contributed by atoms with Crippen LogP contribution >= 0.6 is 15.9 Å². The number of aliphatic hydroxyl groups excluding tert-OH is 1. The van der Waals surface area contributed by atoms with E-state index in [0.717, 1.165) is 12.8 Å². The van der Waals surface area contributed by atoms with E-state index in [2.05, 4.69) is 36.0 Å². The Morgan fingerprint density at radius 3 is 2.42 bits per heavy atom. The van der Waals surface area contributed by atoms with Crippen LogP contribution in [-0.4, -0.2) is 93.6 Å². The summed E-state index contributed by atoms with van der Waals surface area (Å²) in [5, 5.41) is 10.4. The molecule has 3 amide bonds. The molecule has 0 saturated carbocycles. The van der Waals surface area contributed by atoms with Gasteiger partial charge in [-0.2, -0.15) is 0 Å². The van der Waals surface area contributed by atoms with Crippen LogP contribution in [-0.2, 0) is 19.1 Å². The van der Waals surface area contributed by atoms with E-state index < -0.39 is 35.6 Å². The Hall–Kier alpha value is -2.69. The fourth-order valence-corrected chi connectivity index (χ4v) is 8.26. The summed E-state index contributed by atoms with van der Waals surface area (Å²) >= 11 is 3.76. The average molecular weight is 661 g/mol.